The van der Waals surface area contributed by atoms with E-state index in [-0.39, 0.29) is 17.0 Å². The monoisotopic (exact) mass is 442 g/mol. The van der Waals surface area contributed by atoms with E-state index in [4.69, 9.17) is 5.26 Å². The number of alkyl halides is 3. The Morgan fingerprint density at radius 1 is 1.19 bits per heavy atom. The number of anilines is 2. The number of nitriles is 1. The van der Waals surface area contributed by atoms with E-state index in [0.717, 1.165) is 38.1 Å². The van der Waals surface area contributed by atoms with Gasteiger partial charge in [-0.3, -0.25) is 9.89 Å². The lowest BCUT2D eigenvalue weighted by molar-refractivity contribution is -0.274. The van der Waals surface area contributed by atoms with Crippen LogP contribution >= 0.6 is 0 Å². The van der Waals surface area contributed by atoms with Crippen molar-refractivity contribution in [2.24, 2.45) is 0 Å². The molecule has 0 aliphatic carbocycles. The van der Waals surface area contributed by atoms with E-state index >= 15 is 0 Å². The molecule has 0 bridgehead atoms. The predicted octanol–water partition coefficient (Wildman–Crippen LogP) is 4.09. The summed E-state index contributed by atoms with van der Waals surface area (Å²) in [6.07, 6.45) is -1.29. The van der Waals surface area contributed by atoms with Gasteiger partial charge in [-0.25, -0.2) is 4.98 Å². The number of halogens is 3. The van der Waals surface area contributed by atoms with Crippen LogP contribution in [0.3, 0.4) is 0 Å². The summed E-state index contributed by atoms with van der Waals surface area (Å²) in [5.74, 6) is -0.195. The van der Waals surface area contributed by atoms with Crippen molar-refractivity contribution in [3.05, 3.63) is 53.9 Å². The Bertz CT molecular complexity index is 1160. The van der Waals surface area contributed by atoms with Crippen molar-refractivity contribution in [1.29, 1.82) is 5.26 Å². The number of ether oxygens (including phenoxy) is 1. The molecule has 0 unspecified atom stereocenters. The fourth-order valence-electron chi connectivity index (χ4n) is 3.42. The molecule has 3 heterocycles. The number of nitrogens with zero attached hydrogens (tertiary/aromatic N) is 4. The van der Waals surface area contributed by atoms with Gasteiger partial charge < -0.3 is 15.0 Å². The molecule has 3 aromatic rings. The van der Waals surface area contributed by atoms with Gasteiger partial charge in [0.25, 0.3) is 5.91 Å². The Labute approximate surface area is 180 Å². The van der Waals surface area contributed by atoms with E-state index in [1.807, 2.05) is 6.07 Å². The Morgan fingerprint density at radius 2 is 1.91 bits per heavy atom. The van der Waals surface area contributed by atoms with Gasteiger partial charge in [-0.2, -0.15) is 10.4 Å². The highest BCUT2D eigenvalue weighted by molar-refractivity contribution is 6.05. The Morgan fingerprint density at radius 3 is 2.53 bits per heavy atom. The lowest BCUT2D eigenvalue weighted by atomic mass is 10.1. The summed E-state index contributed by atoms with van der Waals surface area (Å²) in [5.41, 5.74) is 1.93. The van der Waals surface area contributed by atoms with Gasteiger partial charge in [0.05, 0.1) is 11.3 Å². The molecule has 0 spiro atoms. The number of H-pyrrole nitrogens is 1. The van der Waals surface area contributed by atoms with Crippen molar-refractivity contribution in [3.63, 3.8) is 0 Å². The number of hydrogen-bond donors (Lipinski definition) is 2. The Balaban J connectivity index is 1.58. The van der Waals surface area contributed by atoms with Gasteiger partial charge in [0.2, 0.25) is 0 Å². The van der Waals surface area contributed by atoms with Crippen LogP contribution in [0.5, 0.6) is 5.75 Å². The maximum atomic E-state index is 12.8. The highest BCUT2D eigenvalue weighted by Crippen LogP contribution is 2.31. The van der Waals surface area contributed by atoms with E-state index < -0.39 is 12.3 Å². The van der Waals surface area contributed by atoms with Crippen molar-refractivity contribution < 1.29 is 22.7 Å². The smallest absolute Gasteiger partial charge is 0.406 e. The van der Waals surface area contributed by atoms with E-state index in [1.54, 1.807) is 12.1 Å². The topological polar surface area (TPSA) is 107 Å². The first-order chi connectivity index (χ1) is 15.3. The minimum Gasteiger partial charge on any atom is -0.406 e. The van der Waals surface area contributed by atoms with Crippen molar-refractivity contribution in [2.75, 3.05) is 23.3 Å². The Hall–Kier alpha value is -4.07. The average molecular weight is 442 g/mol. The minimum absolute atomic E-state index is 0.211. The van der Waals surface area contributed by atoms with Crippen molar-refractivity contribution >= 4 is 17.4 Å². The maximum Gasteiger partial charge on any atom is 0.573 e. The van der Waals surface area contributed by atoms with Gasteiger partial charge in [0.1, 0.15) is 17.6 Å². The number of benzene rings is 1. The van der Waals surface area contributed by atoms with Gasteiger partial charge >= 0.3 is 6.36 Å². The molecule has 0 saturated carbocycles. The normalized spacial score (nSPS) is 13.6. The number of carbonyl (C=O) groups is 1. The van der Waals surface area contributed by atoms with E-state index in [0.29, 0.717) is 22.8 Å². The third-order valence-corrected chi connectivity index (χ3v) is 4.86. The number of aromatic amines is 1. The molecule has 2 N–H and O–H groups in total. The zero-order valence-corrected chi connectivity index (χ0v) is 16.6. The van der Waals surface area contributed by atoms with Crippen LogP contribution in [0, 0.1) is 11.3 Å². The number of amides is 1. The van der Waals surface area contributed by atoms with E-state index in [9.17, 15) is 18.0 Å². The molecule has 8 nitrogen and oxygen atoms in total. The molecule has 32 heavy (non-hydrogen) atoms. The second kappa shape index (κ2) is 8.58. The first-order valence-corrected chi connectivity index (χ1v) is 9.70. The molecule has 1 aromatic carbocycles. The van der Waals surface area contributed by atoms with E-state index in [1.165, 1.54) is 18.3 Å². The number of rotatable bonds is 5. The van der Waals surface area contributed by atoms with Crippen LogP contribution in [-0.4, -0.2) is 40.5 Å². The van der Waals surface area contributed by atoms with Gasteiger partial charge in [-0.15, -0.1) is 13.2 Å². The van der Waals surface area contributed by atoms with Crippen LogP contribution in [0.1, 0.15) is 28.9 Å². The van der Waals surface area contributed by atoms with E-state index in [2.05, 4.69) is 30.1 Å². The zero-order chi connectivity index (χ0) is 22.7. The molecule has 1 aliphatic rings. The van der Waals surface area contributed by atoms with Crippen LogP contribution in [0.25, 0.3) is 11.3 Å². The van der Waals surface area contributed by atoms with Gasteiger partial charge in [0.15, 0.2) is 5.69 Å². The molecule has 4 rings (SSSR count). The highest BCUT2D eigenvalue weighted by Gasteiger charge is 2.31. The summed E-state index contributed by atoms with van der Waals surface area (Å²) >= 11 is 0. The SMILES string of the molecule is N#Cc1cc(-c2cc(C(=O)Nc3ccc(OC(F)(F)F)cc3)cnc2N2CCCC2)[nH]n1. The van der Waals surface area contributed by atoms with Crippen LogP contribution in [0.15, 0.2) is 42.6 Å². The van der Waals surface area contributed by atoms with Crippen molar-refractivity contribution in [3.8, 4) is 23.1 Å². The summed E-state index contributed by atoms with van der Waals surface area (Å²) in [4.78, 5) is 19.3. The maximum absolute atomic E-state index is 12.8. The quantitative estimate of drug-likeness (QED) is 0.616. The molecule has 1 amide bonds. The molecule has 1 aliphatic heterocycles. The van der Waals surface area contributed by atoms with Gasteiger partial charge in [0, 0.05) is 36.6 Å². The third kappa shape index (κ3) is 4.80. The average Bonchev–Trinajstić information content (AvgIpc) is 3.46. The van der Waals surface area contributed by atoms with Crippen molar-refractivity contribution in [1.82, 2.24) is 15.2 Å². The molecule has 2 aromatic heterocycles. The molecular weight excluding hydrogens is 425 g/mol. The van der Waals surface area contributed by atoms with Crippen LogP contribution in [0.2, 0.25) is 0 Å². The third-order valence-electron chi connectivity index (χ3n) is 4.86. The number of pyridine rings is 1. The summed E-state index contributed by atoms with van der Waals surface area (Å²) < 4.78 is 40.7. The lowest BCUT2D eigenvalue weighted by Crippen LogP contribution is -2.21. The number of nitrogens with one attached hydrogen (secondary N) is 2. The molecule has 1 saturated heterocycles. The summed E-state index contributed by atoms with van der Waals surface area (Å²) in [5, 5.41) is 18.4. The van der Waals surface area contributed by atoms with Gasteiger partial charge in [-0.1, -0.05) is 0 Å². The van der Waals surface area contributed by atoms with Gasteiger partial charge in [-0.05, 0) is 43.2 Å². The zero-order valence-electron chi connectivity index (χ0n) is 16.6. The van der Waals surface area contributed by atoms with Crippen molar-refractivity contribution in [2.45, 2.75) is 19.2 Å². The summed E-state index contributed by atoms with van der Waals surface area (Å²) in [6.45, 7) is 1.66. The molecule has 11 heteroatoms. The minimum atomic E-state index is -4.79. The van der Waals surface area contributed by atoms with Crippen LogP contribution in [0.4, 0.5) is 24.7 Å². The summed E-state index contributed by atoms with van der Waals surface area (Å²) in [7, 11) is 0. The molecular formula is C21H17F3N6O2. The lowest BCUT2D eigenvalue weighted by Gasteiger charge is -2.20. The highest BCUT2D eigenvalue weighted by atomic mass is 19.4. The second-order valence-electron chi connectivity index (χ2n) is 7.09. The largest absolute Gasteiger partial charge is 0.573 e. The number of carbonyl (C=O) groups excluding carboxylic acids is 1. The fourth-order valence-corrected chi connectivity index (χ4v) is 3.42. The van der Waals surface area contributed by atoms with Crippen LogP contribution < -0.4 is 15.0 Å². The standard InChI is InChI=1S/C21H17F3N6O2/c22-21(23,24)32-16-5-3-14(4-6-16)27-20(31)13-9-17(18-10-15(11-25)28-29-18)19(26-12-13)30-7-1-2-8-30/h3-6,9-10,12H,1-2,7-8H2,(H,27,31)(H,28,29). The van der Waals surface area contributed by atoms with Crippen LogP contribution in [-0.2, 0) is 0 Å². The Kier molecular flexibility index (Phi) is 5.68. The first kappa shape index (κ1) is 21.2. The second-order valence-corrected chi connectivity index (χ2v) is 7.09. The predicted molar refractivity (Wildman–Crippen MR) is 109 cm³/mol. The molecule has 1 fully saturated rings. The summed E-state index contributed by atoms with van der Waals surface area (Å²) in [6, 6.07) is 10.0. The fraction of sp³-hybridized carbons (Fsp3) is 0.238. The molecule has 164 valence electrons. The number of hydrogen-bond acceptors (Lipinski definition) is 6. The first-order valence-electron chi connectivity index (χ1n) is 9.70. The molecule has 0 atom stereocenters. The number of aromatic nitrogens is 3. The molecule has 0 radical (unpaired) electrons.